The molecule has 0 radical (unpaired) electrons. The zero-order valence-corrected chi connectivity index (χ0v) is 16.6. The van der Waals surface area contributed by atoms with Gasteiger partial charge in [-0.1, -0.05) is 36.4 Å². The van der Waals surface area contributed by atoms with Gasteiger partial charge in [0.15, 0.2) is 5.78 Å². The number of Topliss-reactive ketones (excluding diaryl/α,β-unsaturated/α-hetero) is 1. The molecule has 0 saturated carbocycles. The van der Waals surface area contributed by atoms with Crippen molar-refractivity contribution in [2.45, 2.75) is 38.5 Å². The Kier molecular flexibility index (Phi) is 5.30. The molecular weight excluding hydrogens is 364 g/mol. The van der Waals surface area contributed by atoms with Gasteiger partial charge >= 0.3 is 5.97 Å². The van der Waals surface area contributed by atoms with Gasteiger partial charge in [0.05, 0.1) is 12.2 Å². The highest BCUT2D eigenvalue weighted by molar-refractivity contribution is 6.04. The first-order valence-corrected chi connectivity index (χ1v) is 9.96. The van der Waals surface area contributed by atoms with Gasteiger partial charge in [-0.2, -0.15) is 0 Å². The van der Waals surface area contributed by atoms with E-state index in [-0.39, 0.29) is 18.3 Å². The molecule has 1 aliphatic heterocycles. The average molecular weight is 388 g/mol. The van der Waals surface area contributed by atoms with Crippen molar-refractivity contribution in [2.75, 3.05) is 6.61 Å². The van der Waals surface area contributed by atoms with Crippen LogP contribution in [0.15, 0.2) is 77.4 Å². The maximum absolute atomic E-state index is 13.3. The predicted molar refractivity (Wildman–Crippen MR) is 110 cm³/mol. The Bertz CT molecular complexity index is 993. The van der Waals surface area contributed by atoms with Gasteiger partial charge in [-0.15, -0.1) is 0 Å². The van der Waals surface area contributed by atoms with E-state index in [9.17, 15) is 9.59 Å². The molecule has 2 atom stereocenters. The number of ether oxygens (including phenoxy) is 1. The van der Waals surface area contributed by atoms with Crippen LogP contribution in [-0.2, 0) is 14.3 Å². The number of hydrogen-bond donors (Lipinski definition) is 1. The summed E-state index contributed by atoms with van der Waals surface area (Å²) in [6.07, 6.45) is 4.57. The molecular formula is C24H24N2O3. The zero-order valence-electron chi connectivity index (χ0n) is 16.6. The van der Waals surface area contributed by atoms with E-state index in [1.165, 1.54) is 0 Å². The van der Waals surface area contributed by atoms with E-state index >= 15 is 0 Å². The van der Waals surface area contributed by atoms with Crippen LogP contribution in [0.4, 0.5) is 0 Å². The first-order valence-electron chi connectivity index (χ1n) is 9.96. The quantitative estimate of drug-likeness (QED) is 0.802. The summed E-state index contributed by atoms with van der Waals surface area (Å²) in [6.45, 7) is 3.94. The highest BCUT2D eigenvalue weighted by Gasteiger charge is 2.41. The van der Waals surface area contributed by atoms with Gasteiger partial charge in [-0.05, 0) is 43.4 Å². The van der Waals surface area contributed by atoms with E-state index in [0.29, 0.717) is 17.6 Å². The molecule has 0 saturated heterocycles. The molecule has 0 unspecified atom stereocenters. The fourth-order valence-electron chi connectivity index (χ4n) is 4.36. The first kappa shape index (κ1) is 19.1. The Morgan fingerprint density at radius 3 is 2.59 bits per heavy atom. The van der Waals surface area contributed by atoms with Gasteiger partial charge in [0.1, 0.15) is 0 Å². The van der Waals surface area contributed by atoms with Crippen LogP contribution in [0.2, 0.25) is 0 Å². The summed E-state index contributed by atoms with van der Waals surface area (Å²) in [5.41, 5.74) is 4.77. The minimum absolute atomic E-state index is 0.0655. The van der Waals surface area contributed by atoms with Crippen LogP contribution in [0.25, 0.3) is 0 Å². The van der Waals surface area contributed by atoms with Crippen LogP contribution in [0.5, 0.6) is 0 Å². The molecule has 29 heavy (non-hydrogen) atoms. The van der Waals surface area contributed by atoms with Gasteiger partial charge in [-0.25, -0.2) is 4.79 Å². The third-order valence-electron chi connectivity index (χ3n) is 5.61. The molecule has 0 spiro atoms. The summed E-state index contributed by atoms with van der Waals surface area (Å²) in [4.78, 5) is 30.3. The number of pyridine rings is 1. The van der Waals surface area contributed by atoms with Crippen molar-refractivity contribution in [3.63, 3.8) is 0 Å². The van der Waals surface area contributed by atoms with E-state index in [4.69, 9.17) is 4.74 Å². The number of allylic oxidation sites excluding steroid dienone is 3. The van der Waals surface area contributed by atoms with Crippen LogP contribution in [-0.4, -0.2) is 23.3 Å². The second-order valence-corrected chi connectivity index (χ2v) is 7.43. The third kappa shape index (κ3) is 3.60. The second-order valence-electron chi connectivity index (χ2n) is 7.43. The number of hydrogen-bond acceptors (Lipinski definition) is 5. The number of nitrogens with one attached hydrogen (secondary N) is 1. The summed E-state index contributed by atoms with van der Waals surface area (Å²) < 4.78 is 5.32. The molecule has 1 aromatic heterocycles. The lowest BCUT2D eigenvalue weighted by atomic mass is 9.72. The Hall–Kier alpha value is -3.21. The van der Waals surface area contributed by atoms with Gasteiger partial charge in [0, 0.05) is 41.7 Å². The third-order valence-corrected chi connectivity index (χ3v) is 5.61. The maximum Gasteiger partial charge on any atom is 0.336 e. The van der Waals surface area contributed by atoms with Crippen LogP contribution in [0.3, 0.4) is 0 Å². The zero-order chi connectivity index (χ0) is 20.4. The first-order chi connectivity index (χ1) is 14.1. The van der Waals surface area contributed by atoms with E-state index in [1.807, 2.05) is 37.3 Å². The molecule has 0 amide bonds. The largest absolute Gasteiger partial charge is 0.463 e. The topological polar surface area (TPSA) is 68.3 Å². The number of carbonyl (C=O) groups is 2. The number of dihydropyridines is 1. The molecule has 0 bridgehead atoms. The van der Waals surface area contributed by atoms with Crippen molar-refractivity contribution in [1.29, 1.82) is 0 Å². The minimum Gasteiger partial charge on any atom is -0.463 e. The summed E-state index contributed by atoms with van der Waals surface area (Å²) in [5.74, 6) is -0.656. The lowest BCUT2D eigenvalue weighted by Crippen LogP contribution is -2.36. The van der Waals surface area contributed by atoms with Gasteiger partial charge in [0.25, 0.3) is 0 Å². The summed E-state index contributed by atoms with van der Waals surface area (Å²) in [6, 6.07) is 13.9. The number of carbonyl (C=O) groups excluding carboxylic acids is 2. The molecule has 2 aromatic rings. The Labute approximate surface area is 170 Å². The number of rotatable bonds is 4. The fourth-order valence-corrected chi connectivity index (χ4v) is 4.36. The van der Waals surface area contributed by atoms with Crippen molar-refractivity contribution >= 4 is 11.8 Å². The van der Waals surface area contributed by atoms with E-state index < -0.39 is 11.9 Å². The molecule has 1 aromatic carbocycles. The Morgan fingerprint density at radius 2 is 1.90 bits per heavy atom. The van der Waals surface area contributed by atoms with Crippen molar-refractivity contribution in [3.05, 3.63) is 88.5 Å². The Balaban J connectivity index is 1.79. The predicted octanol–water partition coefficient (Wildman–Crippen LogP) is 4.01. The monoisotopic (exact) mass is 388 g/mol. The molecule has 5 heteroatoms. The van der Waals surface area contributed by atoms with Gasteiger partial charge in [0.2, 0.25) is 0 Å². The van der Waals surface area contributed by atoms with Gasteiger partial charge < -0.3 is 10.1 Å². The smallest absolute Gasteiger partial charge is 0.336 e. The molecule has 5 nitrogen and oxygen atoms in total. The van der Waals surface area contributed by atoms with Crippen molar-refractivity contribution in [1.82, 2.24) is 10.3 Å². The minimum atomic E-state index is -0.455. The summed E-state index contributed by atoms with van der Waals surface area (Å²) >= 11 is 0. The molecule has 1 aliphatic carbocycles. The van der Waals surface area contributed by atoms with Crippen molar-refractivity contribution in [3.8, 4) is 0 Å². The molecule has 2 aliphatic rings. The molecule has 148 valence electrons. The lowest BCUT2D eigenvalue weighted by molar-refractivity contribution is -0.138. The SMILES string of the molecule is CCOC(=O)C1=C(C)NC2=C(C(=O)C[C@@H](c3ccccc3)C2)[C@H]1c1cccnc1. The summed E-state index contributed by atoms with van der Waals surface area (Å²) in [7, 11) is 0. The average Bonchev–Trinajstić information content (AvgIpc) is 2.74. The highest BCUT2D eigenvalue weighted by atomic mass is 16.5. The van der Waals surface area contributed by atoms with E-state index in [2.05, 4.69) is 22.4 Å². The van der Waals surface area contributed by atoms with E-state index in [0.717, 1.165) is 28.9 Å². The number of benzene rings is 1. The number of aromatic nitrogens is 1. The molecule has 0 fully saturated rings. The van der Waals surface area contributed by atoms with Crippen LogP contribution >= 0.6 is 0 Å². The number of esters is 1. The molecule has 2 heterocycles. The van der Waals surface area contributed by atoms with Crippen LogP contribution in [0.1, 0.15) is 49.7 Å². The van der Waals surface area contributed by atoms with Gasteiger partial charge in [-0.3, -0.25) is 9.78 Å². The number of ketones is 1. The normalized spacial score (nSPS) is 21.5. The van der Waals surface area contributed by atoms with Crippen molar-refractivity contribution in [2.24, 2.45) is 0 Å². The van der Waals surface area contributed by atoms with Crippen LogP contribution < -0.4 is 5.32 Å². The highest BCUT2D eigenvalue weighted by Crippen LogP contribution is 2.45. The van der Waals surface area contributed by atoms with Crippen LogP contribution in [0, 0.1) is 0 Å². The molecule has 1 N–H and O–H groups in total. The van der Waals surface area contributed by atoms with Crippen molar-refractivity contribution < 1.29 is 14.3 Å². The fraction of sp³-hybridized carbons (Fsp3) is 0.292. The summed E-state index contributed by atoms with van der Waals surface area (Å²) in [5, 5.41) is 3.35. The van der Waals surface area contributed by atoms with E-state index in [1.54, 1.807) is 19.3 Å². The lowest BCUT2D eigenvalue weighted by Gasteiger charge is -2.36. The second kappa shape index (κ2) is 8.03. The number of nitrogens with zero attached hydrogens (tertiary/aromatic N) is 1. The standard InChI is InChI=1S/C24H24N2O3/c1-3-29-24(28)21-15(2)26-19-12-18(16-8-5-4-6-9-16)13-20(27)23(19)22(21)17-10-7-11-25-14-17/h4-11,14,18,22,26H,3,12-13H2,1-2H3/t18-,22-/m0/s1. The maximum atomic E-state index is 13.3. The molecule has 4 rings (SSSR count). The Morgan fingerprint density at radius 1 is 1.14 bits per heavy atom.